The Bertz CT molecular complexity index is 1040. The van der Waals surface area contributed by atoms with Crippen molar-refractivity contribution < 1.29 is 13.9 Å². The van der Waals surface area contributed by atoms with Crippen molar-refractivity contribution in [3.63, 3.8) is 0 Å². The molecule has 0 saturated carbocycles. The van der Waals surface area contributed by atoms with Crippen LogP contribution < -0.4 is 15.1 Å². The summed E-state index contributed by atoms with van der Waals surface area (Å²) in [4.78, 5) is 26.9. The predicted octanol–water partition coefficient (Wildman–Crippen LogP) is 3.87. The van der Waals surface area contributed by atoms with E-state index in [0.29, 0.717) is 34.0 Å². The summed E-state index contributed by atoms with van der Waals surface area (Å²) >= 11 is 5.92. The van der Waals surface area contributed by atoms with Gasteiger partial charge in [-0.1, -0.05) is 23.7 Å². The van der Waals surface area contributed by atoms with Gasteiger partial charge in [0.05, 0.1) is 17.6 Å². The summed E-state index contributed by atoms with van der Waals surface area (Å²) < 4.78 is 11.4. The van der Waals surface area contributed by atoms with Gasteiger partial charge in [0.15, 0.2) is 11.2 Å². The van der Waals surface area contributed by atoms with Crippen LogP contribution in [-0.2, 0) is 0 Å². The van der Waals surface area contributed by atoms with Crippen LogP contribution in [0, 0.1) is 0 Å². The van der Waals surface area contributed by atoms with E-state index in [1.165, 1.54) is 12.1 Å². The Morgan fingerprint density at radius 3 is 2.84 bits per heavy atom. The second kappa shape index (κ2) is 5.93. The Kier molecular flexibility index (Phi) is 3.73. The van der Waals surface area contributed by atoms with Crippen LogP contribution in [0.25, 0.3) is 11.0 Å². The van der Waals surface area contributed by atoms with Crippen molar-refractivity contribution >= 4 is 34.2 Å². The lowest BCUT2D eigenvalue weighted by Crippen LogP contribution is -2.42. The summed E-state index contributed by atoms with van der Waals surface area (Å²) in [5.41, 5.74) is 0.681. The number of halogens is 1. The first-order valence-corrected chi connectivity index (χ1v) is 8.22. The number of nitrogens with zero attached hydrogens (tertiary/aromatic N) is 1. The number of hydrogen-bond acceptors (Lipinski definition) is 4. The van der Waals surface area contributed by atoms with Gasteiger partial charge in [0.25, 0.3) is 5.91 Å². The summed E-state index contributed by atoms with van der Waals surface area (Å²) in [6, 6.07) is 13.2. The third-order valence-electron chi connectivity index (χ3n) is 4.07. The highest BCUT2D eigenvalue weighted by atomic mass is 35.5. The van der Waals surface area contributed by atoms with Gasteiger partial charge in [0.2, 0.25) is 0 Å². The molecular formula is C19H14ClNO4. The Morgan fingerprint density at radius 1 is 1.20 bits per heavy atom. The predicted molar refractivity (Wildman–Crippen MR) is 95.7 cm³/mol. The van der Waals surface area contributed by atoms with Crippen LogP contribution in [0.5, 0.6) is 5.75 Å². The Hall–Kier alpha value is -2.79. The average Bonchev–Trinajstić information content (AvgIpc) is 2.60. The normalized spacial score (nSPS) is 16.4. The first kappa shape index (κ1) is 15.7. The molecule has 3 aromatic rings. The molecule has 1 aliphatic heterocycles. The number of ether oxygens (including phenoxy) is 1. The topological polar surface area (TPSA) is 59.8 Å². The smallest absolute Gasteiger partial charge is 0.294 e. The number of hydrogen-bond donors (Lipinski definition) is 0. The van der Waals surface area contributed by atoms with Crippen LogP contribution in [-0.4, -0.2) is 18.6 Å². The highest BCUT2D eigenvalue weighted by Crippen LogP contribution is 2.34. The van der Waals surface area contributed by atoms with Gasteiger partial charge in [-0.3, -0.25) is 14.5 Å². The minimum Gasteiger partial charge on any atom is -0.487 e. The molecule has 1 aromatic heterocycles. The van der Waals surface area contributed by atoms with Crippen molar-refractivity contribution in [2.75, 3.05) is 11.4 Å². The van der Waals surface area contributed by atoms with Gasteiger partial charge in [0.1, 0.15) is 17.4 Å². The summed E-state index contributed by atoms with van der Waals surface area (Å²) in [6.45, 7) is 2.26. The molecule has 0 N–H and O–H groups in total. The van der Waals surface area contributed by atoms with E-state index >= 15 is 0 Å². The number of anilines is 1. The van der Waals surface area contributed by atoms with E-state index < -0.39 is 0 Å². The van der Waals surface area contributed by atoms with E-state index in [1.807, 2.05) is 25.1 Å². The number of rotatable bonds is 1. The molecule has 1 unspecified atom stereocenters. The fourth-order valence-electron chi connectivity index (χ4n) is 2.95. The number of fused-ring (bicyclic) bond motifs is 2. The van der Waals surface area contributed by atoms with Gasteiger partial charge in [-0.05, 0) is 37.3 Å². The molecule has 0 spiro atoms. The maximum atomic E-state index is 13.0. The van der Waals surface area contributed by atoms with Gasteiger partial charge < -0.3 is 9.15 Å². The molecule has 4 rings (SSSR count). The molecule has 2 heterocycles. The SMILES string of the molecule is CC1CN(C(=O)c2cc(=O)c3cc(Cl)ccc3o2)c2ccccc2O1. The zero-order valence-corrected chi connectivity index (χ0v) is 14.1. The Morgan fingerprint density at radius 2 is 2.00 bits per heavy atom. The quantitative estimate of drug-likeness (QED) is 0.664. The summed E-state index contributed by atoms with van der Waals surface area (Å²) in [5.74, 6) is 0.241. The number of carbonyl (C=O) groups excluding carboxylic acids is 1. The molecule has 0 bridgehead atoms. The molecule has 6 heteroatoms. The molecule has 5 nitrogen and oxygen atoms in total. The van der Waals surface area contributed by atoms with Gasteiger partial charge in [0, 0.05) is 11.1 Å². The molecule has 0 radical (unpaired) electrons. The number of benzene rings is 2. The summed E-state index contributed by atoms with van der Waals surface area (Å²) in [5, 5.41) is 0.787. The van der Waals surface area contributed by atoms with E-state index in [2.05, 4.69) is 0 Å². The molecule has 0 aliphatic carbocycles. The lowest BCUT2D eigenvalue weighted by molar-refractivity contribution is 0.0935. The molecule has 25 heavy (non-hydrogen) atoms. The largest absolute Gasteiger partial charge is 0.487 e. The van der Waals surface area contributed by atoms with Crippen molar-refractivity contribution in [1.29, 1.82) is 0 Å². The van der Waals surface area contributed by atoms with Crippen molar-refractivity contribution in [1.82, 2.24) is 0 Å². The van der Waals surface area contributed by atoms with Crippen LogP contribution >= 0.6 is 11.6 Å². The zero-order chi connectivity index (χ0) is 17.6. The van der Waals surface area contributed by atoms with Gasteiger partial charge in [-0.15, -0.1) is 0 Å². The highest BCUT2D eigenvalue weighted by molar-refractivity contribution is 6.31. The molecular weight excluding hydrogens is 342 g/mol. The Balaban J connectivity index is 1.80. The van der Waals surface area contributed by atoms with Crippen molar-refractivity contribution in [3.8, 4) is 5.75 Å². The third-order valence-corrected chi connectivity index (χ3v) is 4.30. The molecule has 1 amide bonds. The molecule has 0 fully saturated rings. The van der Waals surface area contributed by atoms with Crippen LogP contribution in [0.1, 0.15) is 17.5 Å². The van der Waals surface area contributed by atoms with Crippen molar-refractivity contribution in [3.05, 3.63) is 69.5 Å². The number of para-hydroxylation sites is 2. The first-order chi connectivity index (χ1) is 12.0. The first-order valence-electron chi connectivity index (χ1n) is 7.84. The maximum Gasteiger partial charge on any atom is 0.294 e. The second-order valence-corrected chi connectivity index (χ2v) is 6.36. The van der Waals surface area contributed by atoms with E-state index in [0.717, 1.165) is 0 Å². The van der Waals surface area contributed by atoms with Crippen LogP contribution in [0.4, 0.5) is 5.69 Å². The van der Waals surface area contributed by atoms with E-state index in [4.69, 9.17) is 20.8 Å². The average molecular weight is 356 g/mol. The number of carbonyl (C=O) groups is 1. The monoisotopic (exact) mass is 355 g/mol. The van der Waals surface area contributed by atoms with E-state index in [-0.39, 0.29) is 23.2 Å². The third kappa shape index (κ3) is 2.76. The highest BCUT2D eigenvalue weighted by Gasteiger charge is 2.29. The maximum absolute atomic E-state index is 13.0. The van der Waals surface area contributed by atoms with E-state index in [9.17, 15) is 9.59 Å². The van der Waals surface area contributed by atoms with E-state index in [1.54, 1.807) is 23.1 Å². The molecule has 0 saturated heterocycles. The van der Waals surface area contributed by atoms with Crippen LogP contribution in [0.15, 0.2) is 57.7 Å². The summed E-state index contributed by atoms with van der Waals surface area (Å²) in [6.07, 6.45) is -0.162. The van der Waals surface area contributed by atoms with Gasteiger partial charge in [-0.25, -0.2) is 0 Å². The van der Waals surface area contributed by atoms with Crippen LogP contribution in [0.3, 0.4) is 0 Å². The van der Waals surface area contributed by atoms with Crippen LogP contribution in [0.2, 0.25) is 5.02 Å². The standard InChI is InChI=1S/C19H14ClNO4/c1-11-10-21(14-4-2-3-5-17(14)24-11)19(23)18-9-15(22)13-8-12(20)6-7-16(13)25-18/h2-9,11H,10H2,1H3. The molecule has 1 aliphatic rings. The van der Waals surface area contributed by atoms with Crippen molar-refractivity contribution in [2.45, 2.75) is 13.0 Å². The van der Waals surface area contributed by atoms with Crippen molar-refractivity contribution in [2.24, 2.45) is 0 Å². The van der Waals surface area contributed by atoms with Gasteiger partial charge in [-0.2, -0.15) is 0 Å². The molecule has 126 valence electrons. The molecule has 1 atom stereocenters. The second-order valence-electron chi connectivity index (χ2n) is 5.93. The Labute approximate surface area is 148 Å². The fourth-order valence-corrected chi connectivity index (χ4v) is 3.12. The van der Waals surface area contributed by atoms with Gasteiger partial charge >= 0.3 is 0 Å². The minimum absolute atomic E-state index is 0.0104. The summed E-state index contributed by atoms with van der Waals surface area (Å²) in [7, 11) is 0. The lowest BCUT2D eigenvalue weighted by Gasteiger charge is -2.33. The minimum atomic E-state index is -0.378. The zero-order valence-electron chi connectivity index (χ0n) is 13.4. The lowest BCUT2D eigenvalue weighted by atomic mass is 10.1. The number of amides is 1. The molecule has 2 aromatic carbocycles. The fraction of sp³-hybridized carbons (Fsp3) is 0.158.